The van der Waals surface area contributed by atoms with Crippen molar-refractivity contribution in [3.63, 3.8) is 0 Å². The van der Waals surface area contributed by atoms with Crippen molar-refractivity contribution in [2.24, 2.45) is 0 Å². The second-order valence-electron chi connectivity index (χ2n) is 15.0. The maximum absolute atomic E-state index is 13.2. The van der Waals surface area contributed by atoms with Crippen LogP contribution < -0.4 is 68.6 Å². The number of rotatable bonds is 11. The first-order valence-corrected chi connectivity index (χ1v) is 25.8. The maximum atomic E-state index is 13.2. The van der Waals surface area contributed by atoms with Crippen LogP contribution in [0.25, 0.3) is 22.3 Å². The van der Waals surface area contributed by atoms with Crippen molar-refractivity contribution in [3.8, 4) is 51.0 Å². The molecule has 0 unspecified atom stereocenters. The predicted molar refractivity (Wildman–Crippen MR) is 267 cm³/mol. The largest absolute Gasteiger partial charge is 1.00 e. The van der Waals surface area contributed by atoms with Crippen molar-refractivity contribution in [3.05, 3.63) is 221 Å². The van der Waals surface area contributed by atoms with Crippen LogP contribution in [0.15, 0.2) is 186 Å². The molecule has 8 aromatic carbocycles. The fraction of sp³-hybridized carbons (Fsp3) is 0.0385. The fourth-order valence-corrected chi connectivity index (χ4v) is 7.58. The van der Waals surface area contributed by atoms with E-state index in [1.165, 1.54) is 30.9 Å². The standard InChI is InChI=1S/C27H22O6S.C13H7F2O4S.C12H10O2.2Na.2O3S/c1-18-3-5-19(6-4-18)20-7-12-23(13-8-20)33-24-14-9-21(10-15-24)27(28)22-11-16-25(32-2)26(17-22)34(29,30)31;14-10-4-1-8(2-5-10)13(16)9-3-6-11(15)12(7-9)20(17,18)19;13-11-5-1-9(2-6-11)10-3-7-12(14)8-4-10;;;2*1-4(2)3/h3-17H,1-2H3,(H,29,30,31);1-4,6-7H,(H,17,18,19);1-8,13-14H;;;;/q;-1;;2*+1;;/p-1. The summed E-state index contributed by atoms with van der Waals surface area (Å²) in [5.74, 6) is -1.30. The zero-order valence-electron chi connectivity index (χ0n) is 41.1. The monoisotopic (exact) mass is 1160 g/mol. The Labute approximate surface area is 493 Å². The topological polar surface area (TPSA) is 307 Å². The van der Waals surface area contributed by atoms with E-state index in [2.05, 4.69) is 30.3 Å². The van der Waals surface area contributed by atoms with Crippen LogP contribution in [0.5, 0.6) is 28.7 Å². The van der Waals surface area contributed by atoms with Gasteiger partial charge < -0.3 is 29.0 Å². The molecule has 18 nitrogen and oxygen atoms in total. The fourth-order valence-electron chi connectivity index (χ4n) is 6.32. The number of benzene rings is 8. The van der Waals surface area contributed by atoms with Gasteiger partial charge in [0.15, 0.2) is 5.78 Å². The van der Waals surface area contributed by atoms with Crippen LogP contribution in [0.1, 0.15) is 37.4 Å². The van der Waals surface area contributed by atoms with Crippen molar-refractivity contribution < 1.29 is 148 Å². The molecule has 0 spiro atoms. The molecule has 0 bridgehead atoms. The van der Waals surface area contributed by atoms with Gasteiger partial charge in [0.05, 0.1) is 12.0 Å². The average molecular weight is 1160 g/mol. The van der Waals surface area contributed by atoms with E-state index in [0.717, 1.165) is 46.5 Å². The van der Waals surface area contributed by atoms with Crippen molar-refractivity contribution in [2.45, 2.75) is 16.7 Å². The van der Waals surface area contributed by atoms with Crippen LogP contribution in [-0.4, -0.2) is 80.1 Å². The molecule has 0 heterocycles. The molecule has 0 saturated heterocycles. The van der Waals surface area contributed by atoms with Crippen molar-refractivity contribution >= 4 is 53.0 Å². The van der Waals surface area contributed by atoms with Gasteiger partial charge in [-0.05, 0) is 126 Å². The Hall–Kier alpha value is -6.78. The minimum absolute atomic E-state index is 0. The Balaban J connectivity index is 0.000000400. The number of aromatic hydroxyl groups is 2. The van der Waals surface area contributed by atoms with Crippen molar-refractivity contribution in [1.82, 2.24) is 0 Å². The molecular weight excluding hydrogens is 1120 g/mol. The number of hydrogen-bond acceptors (Lipinski definition) is 17. The van der Waals surface area contributed by atoms with Crippen molar-refractivity contribution in [1.29, 1.82) is 0 Å². The molecule has 8 aromatic rings. The summed E-state index contributed by atoms with van der Waals surface area (Å²) in [5, 5.41) is 18.2. The first-order chi connectivity index (χ1) is 35.7. The molecule has 0 radical (unpaired) electrons. The van der Waals surface area contributed by atoms with Gasteiger partial charge in [-0.3, -0.25) is 9.35 Å². The first kappa shape index (κ1) is 67.3. The number of methoxy groups -OCH3 is 1. The van der Waals surface area contributed by atoms with Crippen LogP contribution in [0.4, 0.5) is 8.78 Å². The average Bonchev–Trinajstić information content (AvgIpc) is 3.37. The minimum Gasteiger partial charge on any atom is -0.744 e. The number of ketones is 2. The van der Waals surface area contributed by atoms with Gasteiger partial charge in [0, 0.05) is 22.5 Å². The molecule has 8 rings (SSSR count). The Bertz CT molecular complexity index is 3700. The number of carbonyl (C=O) groups excluding carboxylic acids is 2. The maximum Gasteiger partial charge on any atom is 1.00 e. The van der Waals surface area contributed by atoms with Crippen molar-refractivity contribution in [2.75, 3.05) is 7.11 Å². The number of carbonyl (C=O) groups is 2. The minimum atomic E-state index is -5.02. The van der Waals surface area contributed by atoms with Gasteiger partial charge >= 0.3 is 80.3 Å². The third-order valence-corrected chi connectivity index (χ3v) is 11.6. The molecule has 0 atom stereocenters. The normalized spacial score (nSPS) is 10.2. The molecule has 0 aliphatic heterocycles. The SMILES string of the molecule is COc1ccc(C(=O)c2ccc(Oc3ccc(-c4ccc(C)cc4)cc3)cc2)cc1S(=O)(=O)O.O=C(c1c[c-]c(F)cc1)c1ccc(F)c(S(=O)(=O)[O-])c1.O=S(=O)=O.O=S(=O)=O.Oc1ccc(-c2ccc(O)cc2)cc1.[Na+].[Na+]. The quantitative estimate of drug-likeness (QED) is 0.0725. The molecule has 0 aliphatic rings. The van der Waals surface area contributed by atoms with Gasteiger partial charge in [-0.15, -0.1) is 37.4 Å². The molecule has 78 heavy (non-hydrogen) atoms. The van der Waals surface area contributed by atoms with E-state index in [1.807, 2.05) is 55.5 Å². The summed E-state index contributed by atoms with van der Waals surface area (Å²) in [6.45, 7) is 2.05. The predicted octanol–water partition coefficient (Wildman–Crippen LogP) is 2.61. The van der Waals surface area contributed by atoms with Gasteiger partial charge in [-0.2, -0.15) is 20.6 Å². The molecule has 0 aromatic heterocycles. The number of hydrogen-bond donors (Lipinski definition) is 3. The summed E-state index contributed by atoms with van der Waals surface area (Å²) < 4.78 is 153. The summed E-state index contributed by atoms with van der Waals surface area (Å²) in [6, 6.07) is 48.1. The van der Waals surface area contributed by atoms with Crippen LogP contribution in [0.3, 0.4) is 0 Å². The molecule has 0 saturated carbocycles. The second kappa shape index (κ2) is 31.6. The van der Waals surface area contributed by atoms with E-state index in [-0.39, 0.29) is 93.1 Å². The van der Waals surface area contributed by atoms with Gasteiger partial charge in [0.1, 0.15) is 55.4 Å². The van der Waals surface area contributed by atoms with Gasteiger partial charge in [0.25, 0.3) is 10.1 Å². The molecule has 26 heteroatoms. The van der Waals surface area contributed by atoms with Crippen LogP contribution in [0, 0.1) is 24.6 Å². The van der Waals surface area contributed by atoms with E-state index < -0.39 is 74.4 Å². The van der Waals surface area contributed by atoms with Crippen LogP contribution >= 0.6 is 0 Å². The summed E-state index contributed by atoms with van der Waals surface area (Å²) in [5.41, 5.74) is 5.73. The van der Waals surface area contributed by atoms with Crippen LogP contribution in [0.2, 0.25) is 0 Å². The van der Waals surface area contributed by atoms with E-state index in [9.17, 15) is 44.3 Å². The zero-order valence-corrected chi connectivity index (χ0v) is 48.4. The molecular formula is C52H38F2Na2O18S4. The summed E-state index contributed by atoms with van der Waals surface area (Å²) in [4.78, 5) is 23.3. The zero-order chi connectivity index (χ0) is 56.3. The molecule has 0 aliphatic carbocycles. The summed E-state index contributed by atoms with van der Waals surface area (Å²) in [6.07, 6.45) is 0. The second-order valence-corrected chi connectivity index (χ2v) is 18.6. The van der Waals surface area contributed by atoms with Gasteiger partial charge in [-0.1, -0.05) is 71.8 Å². The number of halogens is 2. The molecule has 394 valence electrons. The number of aryl methyl sites for hydroxylation is 1. The Morgan fingerprint density at radius 1 is 0.526 bits per heavy atom. The van der Waals surface area contributed by atoms with E-state index in [0.29, 0.717) is 29.2 Å². The van der Waals surface area contributed by atoms with E-state index in [1.54, 1.807) is 48.5 Å². The molecule has 3 N–H and O–H groups in total. The van der Waals surface area contributed by atoms with Gasteiger partial charge in [-0.25, -0.2) is 17.2 Å². The smallest absolute Gasteiger partial charge is 0.744 e. The van der Waals surface area contributed by atoms with E-state index >= 15 is 0 Å². The summed E-state index contributed by atoms with van der Waals surface area (Å²) in [7, 11) is -14.5. The Morgan fingerprint density at radius 3 is 1.28 bits per heavy atom. The number of ether oxygens (including phenoxy) is 2. The molecule has 0 amide bonds. The first-order valence-electron chi connectivity index (χ1n) is 21.0. The Morgan fingerprint density at radius 2 is 0.885 bits per heavy atom. The number of phenols is 2. The molecule has 0 fully saturated rings. The Kier molecular flexibility index (Phi) is 27.3. The van der Waals surface area contributed by atoms with Gasteiger partial charge in [0.2, 0.25) is 0 Å². The van der Waals surface area contributed by atoms with E-state index in [4.69, 9.17) is 44.9 Å². The van der Waals surface area contributed by atoms with Crippen LogP contribution in [-0.2, 0) is 41.5 Å². The number of phenolic OH excluding ortho intramolecular Hbond substituents is 2. The summed E-state index contributed by atoms with van der Waals surface area (Å²) >= 11 is 0. The third-order valence-electron chi connectivity index (χ3n) is 9.86. The third kappa shape index (κ3) is 21.9.